The fourth-order valence-electron chi connectivity index (χ4n) is 3.82. The average Bonchev–Trinajstić information content (AvgIpc) is 2.84. The van der Waals surface area contributed by atoms with Gasteiger partial charge in [-0.25, -0.2) is 0 Å². The lowest BCUT2D eigenvalue weighted by Crippen LogP contribution is -2.26. The smallest absolute Gasteiger partial charge is 0.278 e. The fraction of sp³-hybridized carbons (Fsp3) is 0.0400. The largest absolute Gasteiger partial charge is 0.496 e. The topological polar surface area (TPSA) is 69.4 Å². The van der Waals surface area contributed by atoms with Crippen LogP contribution in [0.5, 0.6) is 5.75 Å². The van der Waals surface area contributed by atoms with Gasteiger partial charge in [-0.15, -0.1) is 0 Å². The number of benzene rings is 4. The molecule has 0 aliphatic heterocycles. The number of nitro groups is 1. The van der Waals surface area contributed by atoms with Crippen LogP contribution < -0.4 is 20.7 Å². The van der Waals surface area contributed by atoms with Crippen molar-refractivity contribution in [3.8, 4) is 16.9 Å². The Morgan fingerprint density at radius 3 is 1.88 bits per heavy atom. The van der Waals surface area contributed by atoms with Gasteiger partial charge < -0.3 is 9.30 Å². The first-order valence-corrected chi connectivity index (χ1v) is 12.3. The third-order valence-electron chi connectivity index (χ3n) is 5.24. The van der Waals surface area contributed by atoms with Crippen molar-refractivity contribution in [1.82, 2.24) is 0 Å². The third-order valence-corrected chi connectivity index (χ3v) is 9.00. The van der Waals surface area contributed by atoms with E-state index >= 15 is 4.57 Å². The summed E-state index contributed by atoms with van der Waals surface area (Å²) in [5, 5.41) is 13.7. The van der Waals surface area contributed by atoms with Crippen molar-refractivity contribution in [2.75, 3.05) is 7.11 Å². The van der Waals surface area contributed by atoms with Crippen LogP contribution >= 0.6 is 23.1 Å². The van der Waals surface area contributed by atoms with Crippen molar-refractivity contribution in [2.24, 2.45) is 0 Å². The van der Waals surface area contributed by atoms with Crippen molar-refractivity contribution in [3.63, 3.8) is 0 Å². The highest BCUT2D eigenvalue weighted by molar-refractivity contribution is 9.10. The SMILES string of the molecule is COc1cccc(P(=O)(c2ccccc2)c2ccccc2)c1-c1c(Br)cccc1[N+](=O)[O-]. The highest BCUT2D eigenvalue weighted by Crippen LogP contribution is 2.50. The molecule has 0 aliphatic carbocycles. The predicted octanol–water partition coefficient (Wildman–Crippen LogP) is 5.67. The quantitative estimate of drug-likeness (QED) is 0.191. The maximum Gasteiger partial charge on any atom is 0.278 e. The van der Waals surface area contributed by atoms with Gasteiger partial charge in [0.15, 0.2) is 7.14 Å². The van der Waals surface area contributed by atoms with Gasteiger partial charge in [0.05, 0.1) is 17.6 Å². The zero-order chi connectivity index (χ0) is 22.7. The van der Waals surface area contributed by atoms with Crippen LogP contribution in [0.3, 0.4) is 0 Å². The molecule has 0 aliphatic rings. The highest BCUT2D eigenvalue weighted by Gasteiger charge is 2.35. The molecule has 0 saturated carbocycles. The molecule has 0 heterocycles. The molecule has 4 aromatic rings. The summed E-state index contributed by atoms with van der Waals surface area (Å²) in [5.74, 6) is 0.407. The van der Waals surface area contributed by atoms with Gasteiger partial charge in [-0.1, -0.05) is 72.8 Å². The first kappa shape index (κ1) is 22.0. The number of nitrogens with zero attached hydrogens (tertiary/aromatic N) is 1. The Bertz CT molecular complexity index is 1280. The molecular formula is C25H19BrNO4P. The number of hydrogen-bond donors (Lipinski definition) is 0. The van der Waals surface area contributed by atoms with Crippen LogP contribution in [0.25, 0.3) is 11.1 Å². The van der Waals surface area contributed by atoms with E-state index in [1.165, 1.54) is 13.2 Å². The predicted molar refractivity (Wildman–Crippen MR) is 132 cm³/mol. The van der Waals surface area contributed by atoms with E-state index in [0.29, 0.717) is 37.3 Å². The molecule has 0 fully saturated rings. The fourth-order valence-corrected chi connectivity index (χ4v) is 7.24. The van der Waals surface area contributed by atoms with Crippen molar-refractivity contribution < 1.29 is 14.2 Å². The van der Waals surface area contributed by atoms with Crippen LogP contribution in [-0.4, -0.2) is 12.0 Å². The average molecular weight is 508 g/mol. The van der Waals surface area contributed by atoms with Crippen LogP contribution in [0, 0.1) is 10.1 Å². The van der Waals surface area contributed by atoms with E-state index in [1.807, 2.05) is 60.7 Å². The molecule has 0 saturated heterocycles. The van der Waals surface area contributed by atoms with Crippen LogP contribution in [0.1, 0.15) is 0 Å². The molecule has 0 radical (unpaired) electrons. The van der Waals surface area contributed by atoms with Crippen LogP contribution in [0.2, 0.25) is 0 Å². The Kier molecular flexibility index (Phi) is 6.26. The lowest BCUT2D eigenvalue weighted by Gasteiger charge is -2.24. The molecule has 0 spiro atoms. The Balaban J connectivity index is 2.16. The minimum Gasteiger partial charge on any atom is -0.496 e. The monoisotopic (exact) mass is 507 g/mol. The Labute approximate surface area is 194 Å². The number of nitro benzene ring substituents is 1. The maximum absolute atomic E-state index is 15.0. The summed E-state index contributed by atoms with van der Waals surface area (Å²) in [6, 6.07) is 28.4. The summed E-state index contributed by atoms with van der Waals surface area (Å²) in [4.78, 5) is 11.5. The number of halogens is 1. The van der Waals surface area contributed by atoms with E-state index < -0.39 is 12.1 Å². The molecule has 0 aromatic heterocycles. The Morgan fingerprint density at radius 1 is 0.781 bits per heavy atom. The molecule has 32 heavy (non-hydrogen) atoms. The summed E-state index contributed by atoms with van der Waals surface area (Å²) < 4.78 is 21.2. The summed E-state index contributed by atoms with van der Waals surface area (Å²) in [6.45, 7) is 0. The molecule has 0 bridgehead atoms. The first-order chi connectivity index (χ1) is 15.5. The normalized spacial score (nSPS) is 11.2. The van der Waals surface area contributed by atoms with Gasteiger partial charge in [0.1, 0.15) is 5.75 Å². The Morgan fingerprint density at radius 2 is 1.34 bits per heavy atom. The number of rotatable bonds is 6. The van der Waals surface area contributed by atoms with E-state index in [1.54, 1.807) is 30.3 Å². The van der Waals surface area contributed by atoms with Crippen molar-refractivity contribution in [2.45, 2.75) is 0 Å². The molecule has 0 unspecified atom stereocenters. The van der Waals surface area contributed by atoms with Gasteiger partial charge in [0.2, 0.25) is 0 Å². The summed E-state index contributed by atoms with van der Waals surface area (Å²) in [6.07, 6.45) is 0. The lowest BCUT2D eigenvalue weighted by molar-refractivity contribution is -0.384. The van der Waals surface area contributed by atoms with E-state index in [2.05, 4.69) is 15.9 Å². The number of methoxy groups -OCH3 is 1. The molecule has 0 N–H and O–H groups in total. The summed E-state index contributed by atoms with van der Waals surface area (Å²) >= 11 is 3.48. The molecular weight excluding hydrogens is 489 g/mol. The standard InChI is InChI=1S/C25H19BrNO4P/c1-31-22-16-9-17-23(25(22)24-20(26)14-8-15-21(24)27(28)29)32(30,18-10-4-2-5-11-18)19-12-6-3-7-13-19/h2-17H,1H3. The summed E-state index contributed by atoms with van der Waals surface area (Å²) in [5.41, 5.74) is 0.667. The van der Waals surface area contributed by atoms with Gasteiger partial charge in [-0.2, -0.15) is 0 Å². The van der Waals surface area contributed by atoms with Crippen LogP contribution in [0.15, 0.2) is 102 Å². The lowest BCUT2D eigenvalue weighted by atomic mass is 10.0. The second-order valence-electron chi connectivity index (χ2n) is 7.03. The molecule has 5 nitrogen and oxygen atoms in total. The zero-order valence-corrected chi connectivity index (χ0v) is 19.6. The van der Waals surface area contributed by atoms with E-state index in [4.69, 9.17) is 4.74 Å². The third kappa shape index (κ3) is 3.77. The number of ether oxygens (including phenoxy) is 1. The maximum atomic E-state index is 15.0. The second kappa shape index (κ2) is 9.11. The molecule has 4 rings (SSSR count). The Hall–Kier alpha value is -3.21. The minimum absolute atomic E-state index is 0.0993. The zero-order valence-electron chi connectivity index (χ0n) is 17.1. The minimum atomic E-state index is -3.41. The molecule has 0 amide bonds. The van der Waals surface area contributed by atoms with Gasteiger partial charge in [-0.05, 0) is 34.1 Å². The van der Waals surface area contributed by atoms with Gasteiger partial charge in [0.25, 0.3) is 5.69 Å². The first-order valence-electron chi connectivity index (χ1n) is 9.80. The molecule has 4 aromatic carbocycles. The molecule has 160 valence electrons. The second-order valence-corrected chi connectivity index (χ2v) is 10.6. The van der Waals surface area contributed by atoms with Crippen molar-refractivity contribution >= 4 is 44.7 Å². The highest BCUT2D eigenvalue weighted by atomic mass is 79.9. The van der Waals surface area contributed by atoms with Gasteiger partial charge >= 0.3 is 0 Å². The van der Waals surface area contributed by atoms with E-state index in [0.717, 1.165) is 0 Å². The van der Waals surface area contributed by atoms with Crippen molar-refractivity contribution in [1.29, 1.82) is 0 Å². The van der Waals surface area contributed by atoms with E-state index in [-0.39, 0.29) is 5.69 Å². The van der Waals surface area contributed by atoms with Crippen molar-refractivity contribution in [3.05, 3.63) is 112 Å². The van der Waals surface area contributed by atoms with E-state index in [9.17, 15) is 10.1 Å². The van der Waals surface area contributed by atoms with Crippen LogP contribution in [0.4, 0.5) is 5.69 Å². The van der Waals surface area contributed by atoms with Gasteiger partial charge in [0, 0.05) is 32.0 Å². The number of hydrogen-bond acceptors (Lipinski definition) is 4. The summed E-state index contributed by atoms with van der Waals surface area (Å²) in [7, 11) is -1.91. The van der Waals surface area contributed by atoms with Crippen LogP contribution in [-0.2, 0) is 4.57 Å². The molecule has 0 atom stereocenters. The van der Waals surface area contributed by atoms with Gasteiger partial charge in [-0.3, -0.25) is 10.1 Å². The molecule has 7 heteroatoms.